The van der Waals surface area contributed by atoms with Crippen molar-refractivity contribution in [3.8, 4) is 0 Å². The molecule has 5 heteroatoms. The molecule has 0 saturated carbocycles. The smallest absolute Gasteiger partial charge is 0.212 e. The number of benzene rings is 2. The van der Waals surface area contributed by atoms with Crippen LogP contribution in [0.3, 0.4) is 0 Å². The first kappa shape index (κ1) is 15.0. The zero-order chi connectivity index (χ0) is 14.4. The molecule has 0 unspecified atom stereocenters. The first-order valence-electron chi connectivity index (χ1n) is 6.24. The van der Waals surface area contributed by atoms with Gasteiger partial charge in [-0.3, -0.25) is 0 Å². The molecule has 1 N–H and O–H groups in total. The minimum atomic E-state index is -3.34. The van der Waals surface area contributed by atoms with Gasteiger partial charge in [0.25, 0.3) is 0 Å². The number of hydrogen-bond donors (Lipinski definition) is 1. The molecule has 2 aromatic carbocycles. The van der Waals surface area contributed by atoms with Crippen molar-refractivity contribution in [2.45, 2.75) is 18.2 Å². The van der Waals surface area contributed by atoms with Crippen LogP contribution in [0.25, 0.3) is 0 Å². The predicted octanol–water partition coefficient (Wildman–Crippen LogP) is 3.05. The molecule has 2 rings (SSSR count). The molecule has 0 aliphatic rings. The van der Waals surface area contributed by atoms with Gasteiger partial charge >= 0.3 is 0 Å². The second-order valence-corrected chi connectivity index (χ2v) is 6.59. The Labute approximate surface area is 124 Å². The van der Waals surface area contributed by atoms with E-state index in [-0.39, 0.29) is 12.3 Å². The molecule has 0 aliphatic carbocycles. The summed E-state index contributed by atoms with van der Waals surface area (Å²) in [6, 6.07) is 16.7. The van der Waals surface area contributed by atoms with Crippen LogP contribution >= 0.6 is 11.6 Å². The molecular weight excluding hydrogens is 294 g/mol. The summed E-state index contributed by atoms with van der Waals surface area (Å²) < 4.78 is 26.6. The van der Waals surface area contributed by atoms with Gasteiger partial charge in [-0.05, 0) is 16.7 Å². The Hall–Kier alpha value is -1.36. The second-order valence-electron chi connectivity index (χ2n) is 4.52. The average Bonchev–Trinajstić information content (AvgIpc) is 2.46. The molecule has 0 atom stereocenters. The number of rotatable bonds is 6. The van der Waals surface area contributed by atoms with Crippen molar-refractivity contribution in [2.75, 3.05) is 0 Å². The Morgan fingerprint density at radius 3 is 2.25 bits per heavy atom. The molecule has 106 valence electrons. The summed E-state index contributed by atoms with van der Waals surface area (Å²) in [5.74, 6) is 0.410. The highest BCUT2D eigenvalue weighted by Gasteiger charge is 2.10. The highest BCUT2D eigenvalue weighted by molar-refractivity contribution is 7.88. The Morgan fingerprint density at radius 2 is 1.55 bits per heavy atom. The van der Waals surface area contributed by atoms with Crippen molar-refractivity contribution >= 4 is 21.6 Å². The van der Waals surface area contributed by atoms with Gasteiger partial charge in [-0.2, -0.15) is 0 Å². The highest BCUT2D eigenvalue weighted by atomic mass is 35.5. The van der Waals surface area contributed by atoms with Gasteiger partial charge in [-0.1, -0.05) is 54.6 Å². The lowest BCUT2D eigenvalue weighted by atomic mass is 10.1. The molecule has 0 fully saturated rings. The van der Waals surface area contributed by atoms with Gasteiger partial charge in [0.05, 0.1) is 5.75 Å². The van der Waals surface area contributed by atoms with Crippen molar-refractivity contribution < 1.29 is 8.42 Å². The van der Waals surface area contributed by atoms with Crippen LogP contribution in [0.5, 0.6) is 0 Å². The number of hydrogen-bond acceptors (Lipinski definition) is 2. The molecule has 0 aliphatic heterocycles. The molecular formula is C15H16ClNO2S. The molecule has 0 radical (unpaired) electrons. The minimum Gasteiger partial charge on any atom is -0.212 e. The number of nitrogens with one attached hydrogen (secondary N) is 1. The Bertz CT molecular complexity index is 657. The lowest BCUT2D eigenvalue weighted by Crippen LogP contribution is -2.24. The highest BCUT2D eigenvalue weighted by Crippen LogP contribution is 2.09. The van der Waals surface area contributed by atoms with Gasteiger partial charge in [-0.25, -0.2) is 13.1 Å². The zero-order valence-corrected chi connectivity index (χ0v) is 12.5. The summed E-state index contributed by atoms with van der Waals surface area (Å²) in [4.78, 5) is 0. The molecule has 0 amide bonds. The van der Waals surface area contributed by atoms with E-state index < -0.39 is 10.0 Å². The maximum Gasteiger partial charge on any atom is 0.216 e. The van der Waals surface area contributed by atoms with Gasteiger partial charge in [-0.15, -0.1) is 11.6 Å². The molecule has 0 heterocycles. The van der Waals surface area contributed by atoms with Gasteiger partial charge < -0.3 is 0 Å². The third kappa shape index (κ3) is 4.63. The van der Waals surface area contributed by atoms with E-state index in [1.54, 1.807) is 12.1 Å². The normalized spacial score (nSPS) is 11.4. The molecule has 2 aromatic rings. The predicted molar refractivity (Wildman–Crippen MR) is 81.9 cm³/mol. The van der Waals surface area contributed by atoms with Crippen molar-refractivity contribution in [3.05, 3.63) is 71.3 Å². The first-order valence-corrected chi connectivity index (χ1v) is 8.43. The summed E-state index contributed by atoms with van der Waals surface area (Å²) in [5.41, 5.74) is 2.65. The van der Waals surface area contributed by atoms with E-state index in [0.717, 1.165) is 16.7 Å². The molecule has 0 saturated heterocycles. The van der Waals surface area contributed by atoms with Crippen LogP contribution in [0, 0.1) is 0 Å². The summed E-state index contributed by atoms with van der Waals surface area (Å²) in [7, 11) is -3.34. The Morgan fingerprint density at radius 1 is 0.900 bits per heavy atom. The lowest BCUT2D eigenvalue weighted by molar-refractivity contribution is 0.580. The summed E-state index contributed by atoms with van der Waals surface area (Å²) >= 11 is 5.76. The maximum absolute atomic E-state index is 12.0. The Kier molecular flexibility index (Phi) is 5.17. The standard InChI is InChI=1S/C15H16ClNO2S/c16-10-14-7-4-8-15(9-14)11-17-20(18,19)12-13-5-2-1-3-6-13/h1-9,17H,10-12H2. The Balaban J connectivity index is 1.98. The van der Waals surface area contributed by atoms with E-state index >= 15 is 0 Å². The van der Waals surface area contributed by atoms with Crippen LogP contribution < -0.4 is 4.72 Å². The fourth-order valence-corrected chi connectivity index (χ4v) is 3.15. The van der Waals surface area contributed by atoms with Crippen molar-refractivity contribution in [1.29, 1.82) is 0 Å². The van der Waals surface area contributed by atoms with Crippen molar-refractivity contribution in [1.82, 2.24) is 4.72 Å². The third-order valence-electron chi connectivity index (χ3n) is 2.84. The van der Waals surface area contributed by atoms with E-state index in [1.165, 1.54) is 0 Å². The van der Waals surface area contributed by atoms with Gasteiger partial charge in [0.1, 0.15) is 0 Å². The van der Waals surface area contributed by atoms with E-state index in [2.05, 4.69) is 4.72 Å². The zero-order valence-electron chi connectivity index (χ0n) is 10.9. The monoisotopic (exact) mass is 309 g/mol. The fourth-order valence-electron chi connectivity index (χ4n) is 1.86. The van der Waals surface area contributed by atoms with E-state index in [1.807, 2.05) is 42.5 Å². The third-order valence-corrected chi connectivity index (χ3v) is 4.45. The van der Waals surface area contributed by atoms with Crippen LogP contribution in [0.2, 0.25) is 0 Å². The molecule has 20 heavy (non-hydrogen) atoms. The van der Waals surface area contributed by atoms with Crippen molar-refractivity contribution in [2.24, 2.45) is 0 Å². The largest absolute Gasteiger partial charge is 0.216 e. The minimum absolute atomic E-state index is 0.0109. The van der Waals surface area contributed by atoms with Gasteiger partial charge in [0.2, 0.25) is 10.0 Å². The van der Waals surface area contributed by atoms with Crippen LogP contribution in [0.4, 0.5) is 0 Å². The molecule has 3 nitrogen and oxygen atoms in total. The SMILES string of the molecule is O=S(=O)(Cc1ccccc1)NCc1cccc(CCl)c1. The quantitative estimate of drug-likeness (QED) is 0.834. The lowest BCUT2D eigenvalue weighted by Gasteiger charge is -2.07. The van der Waals surface area contributed by atoms with Crippen LogP contribution in [0.15, 0.2) is 54.6 Å². The van der Waals surface area contributed by atoms with Gasteiger partial charge in [0, 0.05) is 12.4 Å². The number of halogens is 1. The van der Waals surface area contributed by atoms with Crippen LogP contribution in [-0.2, 0) is 28.2 Å². The van der Waals surface area contributed by atoms with E-state index in [0.29, 0.717) is 5.88 Å². The summed E-state index contributed by atoms with van der Waals surface area (Å²) in [5, 5.41) is 0. The van der Waals surface area contributed by atoms with E-state index in [9.17, 15) is 8.42 Å². The summed E-state index contributed by atoms with van der Waals surface area (Å²) in [6.45, 7) is 0.278. The number of alkyl halides is 1. The molecule has 0 aromatic heterocycles. The van der Waals surface area contributed by atoms with Crippen molar-refractivity contribution in [3.63, 3.8) is 0 Å². The molecule has 0 bridgehead atoms. The molecule has 0 spiro atoms. The average molecular weight is 310 g/mol. The van der Waals surface area contributed by atoms with Crippen LogP contribution in [0.1, 0.15) is 16.7 Å². The first-order chi connectivity index (χ1) is 9.59. The number of sulfonamides is 1. The second kappa shape index (κ2) is 6.88. The fraction of sp³-hybridized carbons (Fsp3) is 0.200. The van der Waals surface area contributed by atoms with Gasteiger partial charge in [0.15, 0.2) is 0 Å². The topological polar surface area (TPSA) is 46.2 Å². The maximum atomic E-state index is 12.0. The van der Waals surface area contributed by atoms with Crippen LogP contribution in [-0.4, -0.2) is 8.42 Å². The van der Waals surface area contributed by atoms with E-state index in [4.69, 9.17) is 11.6 Å². The summed E-state index contributed by atoms with van der Waals surface area (Å²) in [6.07, 6.45) is 0.